The van der Waals surface area contributed by atoms with Crippen LogP contribution in [0, 0.1) is 0 Å². The molecule has 2 N–H and O–H groups in total. The number of alkyl halides is 3. The Balaban J connectivity index is 2.22. The minimum Gasteiger partial charge on any atom is -0.357 e. The lowest BCUT2D eigenvalue weighted by Crippen LogP contribution is -2.21. The normalized spacial score (nSPS) is 16.0. The summed E-state index contributed by atoms with van der Waals surface area (Å²) >= 11 is 0. The van der Waals surface area contributed by atoms with Crippen molar-refractivity contribution in [2.75, 3.05) is 12.4 Å². The molecule has 1 fully saturated rings. The van der Waals surface area contributed by atoms with E-state index in [0.717, 1.165) is 12.8 Å². The van der Waals surface area contributed by atoms with Crippen LogP contribution in [0.3, 0.4) is 0 Å². The highest BCUT2D eigenvalue weighted by atomic mass is 19.4. The van der Waals surface area contributed by atoms with Gasteiger partial charge in [0.2, 0.25) is 5.95 Å². The van der Waals surface area contributed by atoms with Gasteiger partial charge in [0.1, 0.15) is 0 Å². The predicted octanol–water partition coefficient (Wildman–Crippen LogP) is 1.79. The van der Waals surface area contributed by atoms with Crippen molar-refractivity contribution in [3.05, 3.63) is 17.5 Å². The molecular formula is C10H13F3N4. The summed E-state index contributed by atoms with van der Waals surface area (Å²) in [5, 5.41) is 5.52. The first kappa shape index (κ1) is 12.1. The van der Waals surface area contributed by atoms with Crippen LogP contribution in [-0.4, -0.2) is 23.1 Å². The molecule has 0 radical (unpaired) electrons. The van der Waals surface area contributed by atoms with Crippen molar-refractivity contribution in [1.82, 2.24) is 15.3 Å². The summed E-state index contributed by atoms with van der Waals surface area (Å²) in [5.74, 6) is -0.0208. The van der Waals surface area contributed by atoms with Crippen molar-refractivity contribution < 1.29 is 13.2 Å². The molecule has 0 unspecified atom stereocenters. The molecule has 7 heteroatoms. The fraction of sp³-hybridized carbons (Fsp3) is 0.600. The van der Waals surface area contributed by atoms with Gasteiger partial charge in [-0.25, -0.2) is 9.97 Å². The number of halogens is 3. The first-order chi connectivity index (χ1) is 8.00. The Bertz CT molecular complexity index is 401. The maximum atomic E-state index is 12.8. The molecule has 0 aromatic carbocycles. The van der Waals surface area contributed by atoms with E-state index in [-0.39, 0.29) is 18.1 Å². The standard InChI is InChI=1S/C10H13F3N4/c1-14-9-16-5-6(4-15-7-2-3-7)8(17-9)10(11,12)13/h5,7,15H,2-4H2,1H3,(H,14,16,17). The van der Waals surface area contributed by atoms with E-state index in [1.165, 1.54) is 13.2 Å². The van der Waals surface area contributed by atoms with Gasteiger partial charge in [0.25, 0.3) is 0 Å². The van der Waals surface area contributed by atoms with Crippen LogP contribution in [0.4, 0.5) is 19.1 Å². The van der Waals surface area contributed by atoms with Crippen LogP contribution in [-0.2, 0) is 12.7 Å². The highest BCUT2D eigenvalue weighted by Gasteiger charge is 2.36. The van der Waals surface area contributed by atoms with Gasteiger partial charge in [-0.15, -0.1) is 0 Å². The van der Waals surface area contributed by atoms with Gasteiger partial charge in [0.05, 0.1) is 0 Å². The largest absolute Gasteiger partial charge is 0.433 e. The van der Waals surface area contributed by atoms with Crippen LogP contribution in [0.1, 0.15) is 24.1 Å². The average molecular weight is 246 g/mol. The fourth-order valence-electron chi connectivity index (χ4n) is 1.44. The van der Waals surface area contributed by atoms with Crippen LogP contribution in [0.25, 0.3) is 0 Å². The Labute approximate surface area is 96.7 Å². The van der Waals surface area contributed by atoms with Crippen LogP contribution < -0.4 is 10.6 Å². The summed E-state index contributed by atoms with van der Waals surface area (Å²) in [7, 11) is 1.48. The summed E-state index contributed by atoms with van der Waals surface area (Å²) in [6.07, 6.45) is -1.18. The summed E-state index contributed by atoms with van der Waals surface area (Å²) in [6.45, 7) is 0.156. The molecule has 0 amide bonds. The zero-order valence-electron chi connectivity index (χ0n) is 9.30. The molecule has 0 saturated heterocycles. The lowest BCUT2D eigenvalue weighted by Gasteiger charge is -2.12. The van der Waals surface area contributed by atoms with E-state index >= 15 is 0 Å². The lowest BCUT2D eigenvalue weighted by molar-refractivity contribution is -0.141. The molecule has 1 heterocycles. The molecule has 94 valence electrons. The molecule has 17 heavy (non-hydrogen) atoms. The van der Waals surface area contributed by atoms with Gasteiger partial charge in [-0.1, -0.05) is 0 Å². The molecule has 0 bridgehead atoms. The highest BCUT2D eigenvalue weighted by Crippen LogP contribution is 2.31. The Kier molecular flexibility index (Phi) is 3.19. The van der Waals surface area contributed by atoms with E-state index in [4.69, 9.17) is 0 Å². The molecule has 0 aliphatic heterocycles. The number of rotatable bonds is 4. The Morgan fingerprint density at radius 2 is 2.12 bits per heavy atom. The quantitative estimate of drug-likeness (QED) is 0.850. The van der Waals surface area contributed by atoms with Crippen molar-refractivity contribution in [3.8, 4) is 0 Å². The molecule has 2 rings (SSSR count). The first-order valence-electron chi connectivity index (χ1n) is 5.35. The average Bonchev–Trinajstić information content (AvgIpc) is 3.08. The predicted molar refractivity (Wildman–Crippen MR) is 56.4 cm³/mol. The number of hydrogen-bond acceptors (Lipinski definition) is 4. The van der Waals surface area contributed by atoms with Crippen molar-refractivity contribution in [2.45, 2.75) is 31.6 Å². The maximum Gasteiger partial charge on any atom is 0.433 e. The van der Waals surface area contributed by atoms with Crippen LogP contribution in [0.5, 0.6) is 0 Å². The van der Waals surface area contributed by atoms with Gasteiger partial charge in [0.15, 0.2) is 5.69 Å². The van der Waals surface area contributed by atoms with Gasteiger partial charge in [0, 0.05) is 31.4 Å². The van der Waals surface area contributed by atoms with Gasteiger partial charge in [-0.05, 0) is 12.8 Å². The molecule has 1 aliphatic carbocycles. The number of nitrogens with zero attached hydrogens (tertiary/aromatic N) is 2. The molecule has 1 saturated carbocycles. The number of aromatic nitrogens is 2. The summed E-state index contributed by atoms with van der Waals surface area (Å²) < 4.78 is 38.3. The third-order valence-corrected chi connectivity index (χ3v) is 2.52. The second kappa shape index (κ2) is 4.48. The fourth-order valence-corrected chi connectivity index (χ4v) is 1.44. The SMILES string of the molecule is CNc1ncc(CNC2CC2)c(C(F)(F)F)n1. The zero-order valence-corrected chi connectivity index (χ0v) is 9.30. The summed E-state index contributed by atoms with van der Waals surface area (Å²) in [5.41, 5.74) is -0.784. The van der Waals surface area contributed by atoms with Crippen molar-refractivity contribution in [2.24, 2.45) is 0 Å². The van der Waals surface area contributed by atoms with Gasteiger partial charge >= 0.3 is 6.18 Å². The number of anilines is 1. The van der Waals surface area contributed by atoms with Crippen LogP contribution in [0.15, 0.2) is 6.20 Å². The smallest absolute Gasteiger partial charge is 0.357 e. The number of nitrogens with one attached hydrogen (secondary N) is 2. The third-order valence-electron chi connectivity index (χ3n) is 2.52. The maximum absolute atomic E-state index is 12.8. The molecule has 1 aromatic rings. The highest BCUT2D eigenvalue weighted by molar-refractivity contribution is 5.30. The monoisotopic (exact) mass is 246 g/mol. The van der Waals surface area contributed by atoms with Gasteiger partial charge < -0.3 is 10.6 Å². The third kappa shape index (κ3) is 3.06. The van der Waals surface area contributed by atoms with Crippen LogP contribution in [0.2, 0.25) is 0 Å². The van der Waals surface area contributed by atoms with E-state index in [1.807, 2.05) is 0 Å². The van der Waals surface area contributed by atoms with E-state index in [2.05, 4.69) is 20.6 Å². The second-order valence-electron chi connectivity index (χ2n) is 3.97. The second-order valence-corrected chi connectivity index (χ2v) is 3.97. The Morgan fingerprint density at radius 1 is 1.41 bits per heavy atom. The Morgan fingerprint density at radius 3 is 2.65 bits per heavy atom. The van der Waals surface area contributed by atoms with E-state index in [0.29, 0.717) is 6.04 Å². The molecule has 1 aliphatic rings. The Hall–Kier alpha value is -1.37. The van der Waals surface area contributed by atoms with Gasteiger partial charge in [-0.2, -0.15) is 13.2 Å². The first-order valence-corrected chi connectivity index (χ1v) is 5.35. The van der Waals surface area contributed by atoms with Crippen molar-refractivity contribution in [1.29, 1.82) is 0 Å². The van der Waals surface area contributed by atoms with E-state index in [1.54, 1.807) is 0 Å². The molecule has 4 nitrogen and oxygen atoms in total. The lowest BCUT2D eigenvalue weighted by atomic mass is 10.2. The van der Waals surface area contributed by atoms with Crippen molar-refractivity contribution >= 4 is 5.95 Å². The van der Waals surface area contributed by atoms with Crippen LogP contribution >= 0.6 is 0 Å². The number of hydrogen-bond donors (Lipinski definition) is 2. The molecule has 0 atom stereocenters. The zero-order chi connectivity index (χ0) is 12.5. The van der Waals surface area contributed by atoms with E-state index in [9.17, 15) is 13.2 Å². The summed E-state index contributed by atoms with van der Waals surface area (Å²) in [6, 6.07) is 0.347. The van der Waals surface area contributed by atoms with Crippen molar-refractivity contribution in [3.63, 3.8) is 0 Å². The molecular weight excluding hydrogens is 233 g/mol. The summed E-state index contributed by atoms with van der Waals surface area (Å²) in [4.78, 5) is 7.28. The topological polar surface area (TPSA) is 49.8 Å². The minimum absolute atomic E-state index is 0.0208. The minimum atomic E-state index is -4.45. The molecule has 0 spiro atoms. The van der Waals surface area contributed by atoms with E-state index < -0.39 is 11.9 Å². The molecule has 1 aromatic heterocycles. The van der Waals surface area contributed by atoms with Gasteiger partial charge in [-0.3, -0.25) is 0 Å².